The zero-order chi connectivity index (χ0) is 13.3. The predicted octanol–water partition coefficient (Wildman–Crippen LogP) is 1.73. The van der Waals surface area contributed by atoms with Gasteiger partial charge in [-0.3, -0.25) is 4.79 Å². The number of anilines is 2. The lowest BCUT2D eigenvalue weighted by Crippen LogP contribution is -2.42. The average Bonchev–Trinajstić information content (AvgIpc) is 2.81. The van der Waals surface area contributed by atoms with Gasteiger partial charge in [-0.15, -0.1) is 0 Å². The number of nitrogens with one attached hydrogen (secondary N) is 1. The van der Waals surface area contributed by atoms with Crippen LogP contribution in [0.25, 0.3) is 0 Å². The van der Waals surface area contributed by atoms with Crippen molar-refractivity contribution in [1.29, 1.82) is 0 Å². The molecule has 3 N–H and O–H groups in total. The van der Waals surface area contributed by atoms with Crippen molar-refractivity contribution in [2.45, 2.75) is 18.9 Å². The van der Waals surface area contributed by atoms with Gasteiger partial charge in [0.15, 0.2) is 0 Å². The molecule has 0 spiro atoms. The summed E-state index contributed by atoms with van der Waals surface area (Å²) in [5.41, 5.74) is 7.05. The number of nitrogens with two attached hydrogens (primary N) is 1. The van der Waals surface area contributed by atoms with E-state index in [-0.39, 0.29) is 17.8 Å². The Kier molecular flexibility index (Phi) is 3.94. The van der Waals surface area contributed by atoms with E-state index in [9.17, 15) is 9.18 Å². The van der Waals surface area contributed by atoms with E-state index < -0.39 is 0 Å². The van der Waals surface area contributed by atoms with Crippen molar-refractivity contribution < 1.29 is 9.18 Å². The Morgan fingerprint density at radius 3 is 3.00 bits per heavy atom. The topological polar surface area (TPSA) is 58.4 Å². The van der Waals surface area contributed by atoms with Gasteiger partial charge in [0.25, 0.3) is 0 Å². The quantitative estimate of drug-likeness (QED) is 0.622. The fourth-order valence-electron chi connectivity index (χ4n) is 2.29. The SMILES string of the molecule is CNC(=O)C1CCCN1c1cc(F)c(I)cc1N. The van der Waals surface area contributed by atoms with Crippen molar-refractivity contribution in [2.24, 2.45) is 0 Å². The average molecular weight is 363 g/mol. The van der Waals surface area contributed by atoms with E-state index in [1.165, 1.54) is 6.07 Å². The van der Waals surface area contributed by atoms with Crippen LogP contribution in [-0.4, -0.2) is 25.5 Å². The Labute approximate surface area is 119 Å². The first kappa shape index (κ1) is 13.4. The Morgan fingerprint density at radius 2 is 2.33 bits per heavy atom. The van der Waals surface area contributed by atoms with E-state index in [1.807, 2.05) is 27.5 Å². The highest BCUT2D eigenvalue weighted by Gasteiger charge is 2.31. The summed E-state index contributed by atoms with van der Waals surface area (Å²) in [5, 5.41) is 2.64. The molecule has 0 saturated carbocycles. The van der Waals surface area contributed by atoms with Crippen molar-refractivity contribution in [3.63, 3.8) is 0 Å². The van der Waals surface area contributed by atoms with Gasteiger partial charge in [0.1, 0.15) is 11.9 Å². The highest BCUT2D eigenvalue weighted by atomic mass is 127. The van der Waals surface area contributed by atoms with Crippen molar-refractivity contribution in [3.8, 4) is 0 Å². The molecule has 1 aliphatic rings. The predicted molar refractivity (Wildman–Crippen MR) is 78.0 cm³/mol. The van der Waals surface area contributed by atoms with Crippen LogP contribution in [0, 0.1) is 9.39 Å². The summed E-state index contributed by atoms with van der Waals surface area (Å²) in [5.74, 6) is -0.354. The number of halogens is 2. The standard InChI is InChI=1S/C12H15FIN3O/c1-16-12(18)10-3-2-4-17(10)11-5-7(13)8(14)6-9(11)15/h5-6,10H,2-4,15H2,1H3,(H,16,18). The van der Waals surface area contributed by atoms with Gasteiger partial charge >= 0.3 is 0 Å². The minimum atomic E-state index is -0.303. The molecule has 1 unspecified atom stereocenters. The lowest BCUT2D eigenvalue weighted by molar-refractivity contribution is -0.121. The summed E-state index contributed by atoms with van der Waals surface area (Å²) in [4.78, 5) is 13.7. The van der Waals surface area contributed by atoms with Crippen LogP contribution >= 0.6 is 22.6 Å². The van der Waals surface area contributed by atoms with Crippen LogP contribution in [0.15, 0.2) is 12.1 Å². The first-order chi connectivity index (χ1) is 8.54. The number of nitrogens with zero attached hydrogens (tertiary/aromatic N) is 1. The van der Waals surface area contributed by atoms with Crippen molar-refractivity contribution in [3.05, 3.63) is 21.5 Å². The molecule has 18 heavy (non-hydrogen) atoms. The molecule has 1 heterocycles. The molecule has 1 saturated heterocycles. The van der Waals surface area contributed by atoms with Crippen LogP contribution in [0.2, 0.25) is 0 Å². The Hall–Kier alpha value is -1.05. The molecule has 0 bridgehead atoms. The van der Waals surface area contributed by atoms with Gasteiger partial charge in [-0.2, -0.15) is 0 Å². The summed E-state index contributed by atoms with van der Waals surface area (Å²) in [6.07, 6.45) is 1.68. The van der Waals surface area contributed by atoms with Gasteiger partial charge in [0.05, 0.1) is 14.9 Å². The molecule has 2 rings (SSSR count). The maximum Gasteiger partial charge on any atom is 0.242 e. The fraction of sp³-hybridized carbons (Fsp3) is 0.417. The maximum absolute atomic E-state index is 13.6. The first-order valence-electron chi connectivity index (χ1n) is 5.77. The molecule has 1 fully saturated rings. The van der Waals surface area contributed by atoms with E-state index in [0.717, 1.165) is 19.4 Å². The molecule has 1 aromatic carbocycles. The van der Waals surface area contributed by atoms with Crippen LogP contribution in [0.5, 0.6) is 0 Å². The van der Waals surface area contributed by atoms with Crippen LogP contribution < -0.4 is 16.0 Å². The van der Waals surface area contributed by atoms with Gasteiger partial charge < -0.3 is 16.0 Å². The lowest BCUT2D eigenvalue weighted by atomic mass is 10.2. The lowest BCUT2D eigenvalue weighted by Gasteiger charge is -2.26. The number of nitrogen functional groups attached to an aromatic ring is 1. The minimum Gasteiger partial charge on any atom is -0.397 e. The third-order valence-electron chi connectivity index (χ3n) is 3.18. The molecule has 6 heteroatoms. The van der Waals surface area contributed by atoms with Crippen LogP contribution in [0.4, 0.5) is 15.8 Å². The number of likely N-dealkylation sites (N-methyl/N-ethyl adjacent to an activating group) is 1. The zero-order valence-electron chi connectivity index (χ0n) is 10.0. The van der Waals surface area contributed by atoms with E-state index in [4.69, 9.17) is 5.73 Å². The van der Waals surface area contributed by atoms with Crippen molar-refractivity contribution in [2.75, 3.05) is 24.2 Å². The molecule has 1 atom stereocenters. The zero-order valence-corrected chi connectivity index (χ0v) is 12.2. The number of rotatable bonds is 2. The Bertz CT molecular complexity index is 481. The number of hydrogen-bond acceptors (Lipinski definition) is 3. The molecular weight excluding hydrogens is 348 g/mol. The molecule has 1 aliphatic heterocycles. The molecule has 0 aliphatic carbocycles. The van der Waals surface area contributed by atoms with Crippen molar-refractivity contribution in [1.82, 2.24) is 5.32 Å². The van der Waals surface area contributed by atoms with Gasteiger partial charge in [0, 0.05) is 19.7 Å². The third-order valence-corrected chi connectivity index (χ3v) is 4.01. The van der Waals surface area contributed by atoms with E-state index in [1.54, 1.807) is 13.1 Å². The Morgan fingerprint density at radius 1 is 1.61 bits per heavy atom. The third kappa shape index (κ3) is 2.38. The van der Waals surface area contributed by atoms with Gasteiger partial charge in [-0.05, 0) is 41.5 Å². The normalized spacial score (nSPS) is 19.1. The highest BCUT2D eigenvalue weighted by molar-refractivity contribution is 14.1. The van der Waals surface area contributed by atoms with E-state index in [2.05, 4.69) is 5.32 Å². The van der Waals surface area contributed by atoms with E-state index in [0.29, 0.717) is 14.9 Å². The van der Waals surface area contributed by atoms with Crippen LogP contribution in [0.1, 0.15) is 12.8 Å². The summed E-state index contributed by atoms with van der Waals surface area (Å²) in [6.45, 7) is 0.725. The number of carbonyl (C=O) groups is 1. The smallest absolute Gasteiger partial charge is 0.242 e. The van der Waals surface area contributed by atoms with Crippen LogP contribution in [0.3, 0.4) is 0 Å². The fourth-order valence-corrected chi connectivity index (χ4v) is 2.79. The molecule has 0 aromatic heterocycles. The second-order valence-electron chi connectivity index (χ2n) is 4.29. The number of carbonyl (C=O) groups excluding carboxylic acids is 1. The van der Waals surface area contributed by atoms with Gasteiger partial charge in [0.2, 0.25) is 5.91 Å². The molecule has 4 nitrogen and oxygen atoms in total. The summed E-state index contributed by atoms with van der Waals surface area (Å²) < 4.78 is 14.1. The second kappa shape index (κ2) is 5.29. The van der Waals surface area contributed by atoms with Crippen LogP contribution in [-0.2, 0) is 4.79 Å². The van der Waals surface area contributed by atoms with E-state index >= 15 is 0 Å². The summed E-state index contributed by atoms with van der Waals surface area (Å²) >= 11 is 1.90. The second-order valence-corrected chi connectivity index (χ2v) is 5.45. The molecular formula is C12H15FIN3O. The molecule has 98 valence electrons. The largest absolute Gasteiger partial charge is 0.397 e. The monoisotopic (exact) mass is 363 g/mol. The minimum absolute atomic E-state index is 0.0501. The number of hydrogen-bond donors (Lipinski definition) is 2. The van der Waals surface area contributed by atoms with Gasteiger partial charge in [-0.1, -0.05) is 0 Å². The summed E-state index contributed by atoms with van der Waals surface area (Å²) in [6, 6.07) is 2.76. The molecule has 1 amide bonds. The summed E-state index contributed by atoms with van der Waals surface area (Å²) in [7, 11) is 1.61. The van der Waals surface area contributed by atoms with Gasteiger partial charge in [-0.25, -0.2) is 4.39 Å². The highest BCUT2D eigenvalue weighted by Crippen LogP contribution is 2.32. The molecule has 0 radical (unpaired) electrons. The first-order valence-corrected chi connectivity index (χ1v) is 6.85. The molecule has 1 aromatic rings. The van der Waals surface area contributed by atoms with Crippen molar-refractivity contribution >= 4 is 39.9 Å². The Balaban J connectivity index is 2.36. The number of amides is 1. The maximum atomic E-state index is 13.6. The number of benzene rings is 1.